The summed E-state index contributed by atoms with van der Waals surface area (Å²) in [7, 11) is 0. The van der Waals surface area contributed by atoms with Crippen molar-refractivity contribution in [1.82, 2.24) is 5.32 Å². The van der Waals surface area contributed by atoms with Crippen LogP contribution >= 0.6 is 11.8 Å². The topological polar surface area (TPSA) is 29.1 Å². The zero-order valence-electron chi connectivity index (χ0n) is 12.3. The molecule has 0 radical (unpaired) electrons. The van der Waals surface area contributed by atoms with Gasteiger partial charge in [-0.15, -0.1) is 0 Å². The van der Waals surface area contributed by atoms with E-state index in [4.69, 9.17) is 0 Å². The van der Waals surface area contributed by atoms with Gasteiger partial charge in [0.05, 0.1) is 0 Å². The molecule has 0 aliphatic rings. The Kier molecular flexibility index (Phi) is 6.35. The maximum Gasteiger partial charge on any atom is 0.221 e. The quantitative estimate of drug-likeness (QED) is 0.785. The monoisotopic (exact) mass is 299 g/mol. The van der Waals surface area contributed by atoms with Gasteiger partial charge in [-0.1, -0.05) is 60.2 Å². The Morgan fingerprint density at radius 3 is 2.43 bits per heavy atom. The molecule has 2 aromatic rings. The zero-order chi connectivity index (χ0) is 14.9. The van der Waals surface area contributed by atoms with E-state index in [-0.39, 0.29) is 5.91 Å². The van der Waals surface area contributed by atoms with Crippen molar-refractivity contribution in [2.75, 3.05) is 5.75 Å². The molecule has 2 aromatic carbocycles. The lowest BCUT2D eigenvalue weighted by molar-refractivity contribution is -0.120. The fraction of sp³-hybridized carbons (Fsp3) is 0.278. The van der Waals surface area contributed by atoms with Gasteiger partial charge < -0.3 is 5.32 Å². The lowest BCUT2D eigenvalue weighted by Crippen LogP contribution is -2.22. The highest BCUT2D eigenvalue weighted by atomic mass is 32.2. The smallest absolute Gasteiger partial charge is 0.221 e. The van der Waals surface area contributed by atoms with Crippen LogP contribution in [-0.2, 0) is 17.1 Å². The van der Waals surface area contributed by atoms with Gasteiger partial charge in [-0.2, -0.15) is 11.8 Å². The molecule has 21 heavy (non-hydrogen) atoms. The summed E-state index contributed by atoms with van der Waals surface area (Å²) in [5, 5.41) is 2.96. The Labute approximate surface area is 131 Å². The molecule has 2 rings (SSSR count). The number of rotatable bonds is 7. The molecule has 0 heterocycles. The third kappa shape index (κ3) is 6.05. The lowest BCUT2D eigenvalue weighted by atomic mass is 10.1. The molecule has 3 heteroatoms. The number of thioether (sulfide) groups is 1. The molecule has 0 aliphatic carbocycles. The number of hydrogen-bond acceptors (Lipinski definition) is 2. The molecule has 0 unspecified atom stereocenters. The van der Waals surface area contributed by atoms with E-state index in [2.05, 4.69) is 48.6 Å². The van der Waals surface area contributed by atoms with Crippen LogP contribution in [0.3, 0.4) is 0 Å². The number of carbonyl (C=O) groups is 1. The number of hydrogen-bond donors (Lipinski definition) is 1. The summed E-state index contributed by atoms with van der Waals surface area (Å²) >= 11 is 1.80. The van der Waals surface area contributed by atoms with Crippen LogP contribution in [0.4, 0.5) is 0 Å². The molecular weight excluding hydrogens is 278 g/mol. The van der Waals surface area contributed by atoms with Crippen molar-refractivity contribution < 1.29 is 4.79 Å². The summed E-state index contributed by atoms with van der Waals surface area (Å²) in [6, 6.07) is 18.6. The molecule has 0 bridgehead atoms. The standard InChI is InChI=1S/C18H21NOS/c1-15-7-9-16(10-8-15)13-19-18(20)11-12-21-14-17-5-3-2-4-6-17/h2-10H,11-14H2,1H3,(H,19,20). The van der Waals surface area contributed by atoms with Crippen molar-refractivity contribution in [3.05, 3.63) is 71.3 Å². The van der Waals surface area contributed by atoms with E-state index in [1.54, 1.807) is 11.8 Å². The number of aryl methyl sites for hydroxylation is 1. The molecule has 2 nitrogen and oxygen atoms in total. The van der Waals surface area contributed by atoms with Gasteiger partial charge >= 0.3 is 0 Å². The molecule has 110 valence electrons. The number of nitrogens with one attached hydrogen (secondary N) is 1. The van der Waals surface area contributed by atoms with E-state index in [0.29, 0.717) is 13.0 Å². The van der Waals surface area contributed by atoms with Crippen LogP contribution in [-0.4, -0.2) is 11.7 Å². The van der Waals surface area contributed by atoms with E-state index >= 15 is 0 Å². The SMILES string of the molecule is Cc1ccc(CNC(=O)CCSCc2ccccc2)cc1. The van der Waals surface area contributed by atoms with Gasteiger partial charge in [0.15, 0.2) is 0 Å². The van der Waals surface area contributed by atoms with Crippen molar-refractivity contribution in [2.24, 2.45) is 0 Å². The van der Waals surface area contributed by atoms with Gasteiger partial charge in [-0.05, 0) is 18.1 Å². The molecule has 1 amide bonds. The van der Waals surface area contributed by atoms with Crippen LogP contribution in [0, 0.1) is 6.92 Å². The van der Waals surface area contributed by atoms with E-state index in [1.165, 1.54) is 11.1 Å². The van der Waals surface area contributed by atoms with E-state index in [9.17, 15) is 4.79 Å². The summed E-state index contributed by atoms with van der Waals surface area (Å²) in [5.74, 6) is 1.94. The second-order valence-electron chi connectivity index (χ2n) is 5.05. The van der Waals surface area contributed by atoms with E-state index in [0.717, 1.165) is 17.1 Å². The minimum absolute atomic E-state index is 0.121. The molecule has 0 atom stereocenters. The Morgan fingerprint density at radius 2 is 1.71 bits per heavy atom. The zero-order valence-corrected chi connectivity index (χ0v) is 13.2. The maximum absolute atomic E-state index is 11.8. The Bertz CT molecular complexity index is 551. The first-order valence-electron chi connectivity index (χ1n) is 7.18. The predicted octanol–water partition coefficient (Wildman–Crippen LogP) is 3.93. The van der Waals surface area contributed by atoms with E-state index in [1.807, 2.05) is 18.2 Å². The third-order valence-corrected chi connectivity index (χ3v) is 4.23. The average Bonchev–Trinajstić information content (AvgIpc) is 2.52. The molecule has 0 aromatic heterocycles. The maximum atomic E-state index is 11.8. The first-order valence-corrected chi connectivity index (χ1v) is 8.33. The second kappa shape index (κ2) is 8.53. The summed E-state index contributed by atoms with van der Waals surface area (Å²) in [4.78, 5) is 11.8. The van der Waals surface area contributed by atoms with E-state index < -0.39 is 0 Å². The fourth-order valence-electron chi connectivity index (χ4n) is 1.92. The molecule has 0 saturated heterocycles. The highest BCUT2D eigenvalue weighted by molar-refractivity contribution is 7.98. The molecule has 0 aliphatic heterocycles. The molecular formula is C18H21NOS. The van der Waals surface area contributed by atoms with Crippen molar-refractivity contribution in [3.63, 3.8) is 0 Å². The van der Waals surface area contributed by atoms with Gasteiger partial charge in [0.1, 0.15) is 0 Å². The Balaban J connectivity index is 1.60. The minimum Gasteiger partial charge on any atom is -0.352 e. The number of carbonyl (C=O) groups excluding carboxylic acids is 1. The van der Waals surface area contributed by atoms with Crippen LogP contribution in [0.1, 0.15) is 23.1 Å². The molecule has 0 fully saturated rings. The van der Waals surface area contributed by atoms with Crippen LogP contribution in [0.25, 0.3) is 0 Å². The van der Waals surface area contributed by atoms with Crippen LogP contribution < -0.4 is 5.32 Å². The van der Waals surface area contributed by atoms with Gasteiger partial charge in [0, 0.05) is 24.5 Å². The lowest BCUT2D eigenvalue weighted by Gasteiger charge is -2.06. The first-order chi connectivity index (χ1) is 10.2. The number of amides is 1. The van der Waals surface area contributed by atoms with Crippen molar-refractivity contribution in [3.8, 4) is 0 Å². The fourth-order valence-corrected chi connectivity index (χ4v) is 2.83. The van der Waals surface area contributed by atoms with Crippen LogP contribution in [0.2, 0.25) is 0 Å². The summed E-state index contributed by atoms with van der Waals surface area (Å²) in [6.45, 7) is 2.68. The molecule has 0 spiro atoms. The second-order valence-corrected chi connectivity index (χ2v) is 6.16. The number of benzene rings is 2. The minimum atomic E-state index is 0.121. The first kappa shape index (κ1) is 15.6. The predicted molar refractivity (Wildman–Crippen MR) is 90.2 cm³/mol. The third-order valence-electron chi connectivity index (χ3n) is 3.20. The molecule has 0 saturated carbocycles. The largest absolute Gasteiger partial charge is 0.352 e. The van der Waals surface area contributed by atoms with Gasteiger partial charge in [0.2, 0.25) is 5.91 Å². The Morgan fingerprint density at radius 1 is 1.00 bits per heavy atom. The normalized spacial score (nSPS) is 10.3. The summed E-state index contributed by atoms with van der Waals surface area (Å²) in [6.07, 6.45) is 0.573. The summed E-state index contributed by atoms with van der Waals surface area (Å²) < 4.78 is 0. The highest BCUT2D eigenvalue weighted by Gasteiger charge is 2.01. The van der Waals surface area contributed by atoms with Crippen molar-refractivity contribution in [2.45, 2.75) is 25.6 Å². The Hall–Kier alpha value is -1.74. The van der Waals surface area contributed by atoms with Gasteiger partial charge in [0.25, 0.3) is 0 Å². The van der Waals surface area contributed by atoms with Crippen LogP contribution in [0.15, 0.2) is 54.6 Å². The van der Waals surface area contributed by atoms with Crippen molar-refractivity contribution >= 4 is 17.7 Å². The molecule has 1 N–H and O–H groups in total. The highest BCUT2D eigenvalue weighted by Crippen LogP contribution is 2.12. The van der Waals surface area contributed by atoms with Gasteiger partial charge in [-0.3, -0.25) is 4.79 Å². The van der Waals surface area contributed by atoms with Crippen LogP contribution in [0.5, 0.6) is 0 Å². The van der Waals surface area contributed by atoms with Gasteiger partial charge in [-0.25, -0.2) is 0 Å². The summed E-state index contributed by atoms with van der Waals surface area (Å²) in [5.41, 5.74) is 3.69. The average molecular weight is 299 g/mol. The van der Waals surface area contributed by atoms with Crippen molar-refractivity contribution in [1.29, 1.82) is 0 Å².